The topological polar surface area (TPSA) is 59.0 Å². The van der Waals surface area contributed by atoms with E-state index in [0.29, 0.717) is 13.2 Å². The summed E-state index contributed by atoms with van der Waals surface area (Å²) in [6.07, 6.45) is 0.915. The van der Waals surface area contributed by atoms with Gasteiger partial charge in [-0.2, -0.15) is 0 Å². The minimum absolute atomic E-state index is 0. The van der Waals surface area contributed by atoms with Gasteiger partial charge in [-0.3, -0.25) is 9.69 Å². The first-order valence-corrected chi connectivity index (χ1v) is 8.07. The molecule has 0 aliphatic rings. The van der Waals surface area contributed by atoms with Crippen molar-refractivity contribution in [3.8, 4) is 17.2 Å². The van der Waals surface area contributed by atoms with Crippen molar-refractivity contribution >= 4 is 18.4 Å². The van der Waals surface area contributed by atoms with Gasteiger partial charge < -0.3 is 14.6 Å². The van der Waals surface area contributed by atoms with E-state index in [1.54, 1.807) is 0 Å². The van der Waals surface area contributed by atoms with Crippen LogP contribution in [0.25, 0.3) is 0 Å². The van der Waals surface area contributed by atoms with E-state index in [4.69, 9.17) is 14.6 Å². The van der Waals surface area contributed by atoms with E-state index in [1.807, 2.05) is 66.4 Å². The van der Waals surface area contributed by atoms with Gasteiger partial charge in [0.15, 0.2) is 0 Å². The lowest BCUT2D eigenvalue weighted by Gasteiger charge is -2.19. The highest BCUT2D eigenvalue weighted by atomic mass is 35.5. The molecular weight excluding hydrogens is 342 g/mol. The summed E-state index contributed by atoms with van der Waals surface area (Å²) in [5.41, 5.74) is 0. The van der Waals surface area contributed by atoms with Gasteiger partial charge in [0.2, 0.25) is 0 Å². The minimum atomic E-state index is -0.814. The maximum absolute atomic E-state index is 10.8. The van der Waals surface area contributed by atoms with Crippen LogP contribution in [0.15, 0.2) is 54.6 Å². The molecule has 0 spiro atoms. The van der Waals surface area contributed by atoms with Gasteiger partial charge in [-0.1, -0.05) is 25.1 Å². The number of ether oxygens (including phenoxy) is 2. The Morgan fingerprint density at radius 2 is 1.56 bits per heavy atom. The largest absolute Gasteiger partial charge is 0.492 e. The van der Waals surface area contributed by atoms with Crippen LogP contribution in [-0.2, 0) is 4.79 Å². The first kappa shape index (κ1) is 20.8. The van der Waals surface area contributed by atoms with Crippen LogP contribution in [0.1, 0.15) is 13.3 Å². The number of carbonyl (C=O) groups is 1. The molecule has 2 rings (SSSR count). The van der Waals surface area contributed by atoms with Crippen molar-refractivity contribution < 1.29 is 19.4 Å². The quantitative estimate of drug-likeness (QED) is 0.687. The molecule has 0 unspecified atom stereocenters. The Hall–Kier alpha value is -2.24. The predicted molar refractivity (Wildman–Crippen MR) is 100 cm³/mol. The van der Waals surface area contributed by atoms with E-state index in [2.05, 4.69) is 0 Å². The number of halogens is 1. The van der Waals surface area contributed by atoms with Crippen LogP contribution in [0.5, 0.6) is 17.2 Å². The number of hydrogen-bond acceptors (Lipinski definition) is 4. The van der Waals surface area contributed by atoms with Crippen molar-refractivity contribution in [2.45, 2.75) is 13.3 Å². The number of nitrogens with zero attached hydrogens (tertiary/aromatic N) is 1. The Morgan fingerprint density at radius 3 is 2.16 bits per heavy atom. The predicted octanol–water partition coefficient (Wildman–Crippen LogP) is 4.08. The molecule has 2 aromatic carbocycles. The van der Waals surface area contributed by atoms with Gasteiger partial charge in [0, 0.05) is 6.54 Å². The fraction of sp³-hybridized carbons (Fsp3) is 0.316. The van der Waals surface area contributed by atoms with Crippen LogP contribution in [-0.4, -0.2) is 42.2 Å². The van der Waals surface area contributed by atoms with E-state index < -0.39 is 5.97 Å². The normalized spacial score (nSPS) is 10.2. The van der Waals surface area contributed by atoms with Crippen LogP contribution < -0.4 is 9.47 Å². The summed E-state index contributed by atoms with van der Waals surface area (Å²) in [7, 11) is 0. The second-order valence-corrected chi connectivity index (χ2v) is 5.40. The summed E-state index contributed by atoms with van der Waals surface area (Å²) in [5.74, 6) is 1.45. The Labute approximate surface area is 154 Å². The Bertz CT molecular complexity index is 619. The van der Waals surface area contributed by atoms with Gasteiger partial charge >= 0.3 is 5.97 Å². The third kappa shape index (κ3) is 7.92. The number of para-hydroxylation sites is 1. The van der Waals surface area contributed by atoms with Crippen molar-refractivity contribution in [1.82, 2.24) is 4.90 Å². The maximum atomic E-state index is 10.8. The molecule has 2 aromatic rings. The average molecular weight is 366 g/mol. The van der Waals surface area contributed by atoms with Crippen LogP contribution in [0.2, 0.25) is 0 Å². The van der Waals surface area contributed by atoms with E-state index in [9.17, 15) is 4.79 Å². The summed E-state index contributed by atoms with van der Waals surface area (Å²) >= 11 is 0. The summed E-state index contributed by atoms with van der Waals surface area (Å²) in [6.45, 7) is 3.86. The molecule has 0 saturated carbocycles. The van der Waals surface area contributed by atoms with Gasteiger partial charge in [0.25, 0.3) is 0 Å². The number of carboxylic acids is 1. The van der Waals surface area contributed by atoms with Crippen LogP contribution in [0.4, 0.5) is 0 Å². The third-order valence-corrected chi connectivity index (χ3v) is 3.38. The minimum Gasteiger partial charge on any atom is -0.492 e. The molecule has 0 heterocycles. The van der Waals surface area contributed by atoms with Gasteiger partial charge in [-0.25, -0.2) is 0 Å². The number of carboxylic acid groups (broad SMARTS) is 1. The molecule has 0 aliphatic heterocycles. The average Bonchev–Trinajstić information content (AvgIpc) is 2.57. The lowest BCUT2D eigenvalue weighted by atomic mass is 10.3. The highest BCUT2D eigenvalue weighted by molar-refractivity contribution is 5.85. The van der Waals surface area contributed by atoms with E-state index in [1.165, 1.54) is 0 Å². The third-order valence-electron chi connectivity index (χ3n) is 3.38. The Morgan fingerprint density at radius 1 is 0.960 bits per heavy atom. The molecule has 0 aliphatic carbocycles. The van der Waals surface area contributed by atoms with Crippen LogP contribution >= 0.6 is 12.4 Å². The zero-order valence-corrected chi connectivity index (χ0v) is 15.1. The van der Waals surface area contributed by atoms with Gasteiger partial charge in [0.1, 0.15) is 23.9 Å². The fourth-order valence-electron chi connectivity index (χ4n) is 2.30. The van der Waals surface area contributed by atoms with Crippen molar-refractivity contribution in [2.75, 3.05) is 26.2 Å². The van der Waals surface area contributed by atoms with E-state index in [0.717, 1.165) is 30.2 Å². The smallest absolute Gasteiger partial charge is 0.317 e. The molecule has 136 valence electrons. The lowest BCUT2D eigenvalue weighted by Crippen LogP contribution is -2.34. The van der Waals surface area contributed by atoms with Crippen molar-refractivity contribution in [3.63, 3.8) is 0 Å². The highest BCUT2D eigenvalue weighted by Crippen LogP contribution is 2.23. The molecule has 5 nitrogen and oxygen atoms in total. The first-order valence-electron chi connectivity index (χ1n) is 8.07. The van der Waals surface area contributed by atoms with E-state index >= 15 is 0 Å². The SMILES string of the molecule is CCCN(CCOc1ccc(Oc2ccccc2)cc1)CC(=O)O.Cl. The zero-order valence-electron chi connectivity index (χ0n) is 14.3. The number of rotatable bonds is 10. The Kier molecular flexibility index (Phi) is 9.43. The first-order chi connectivity index (χ1) is 11.7. The molecule has 0 saturated heterocycles. The summed E-state index contributed by atoms with van der Waals surface area (Å²) in [6, 6.07) is 17.0. The van der Waals surface area contributed by atoms with Crippen molar-refractivity contribution in [3.05, 3.63) is 54.6 Å². The molecule has 0 aromatic heterocycles. The molecular formula is C19H24ClNO4. The number of hydrogen-bond donors (Lipinski definition) is 1. The van der Waals surface area contributed by atoms with E-state index in [-0.39, 0.29) is 19.0 Å². The Balaban J connectivity index is 0.00000312. The fourth-order valence-corrected chi connectivity index (χ4v) is 2.30. The maximum Gasteiger partial charge on any atom is 0.317 e. The number of aliphatic carboxylic acids is 1. The van der Waals surface area contributed by atoms with Crippen LogP contribution in [0.3, 0.4) is 0 Å². The van der Waals surface area contributed by atoms with Gasteiger partial charge in [-0.15, -0.1) is 12.4 Å². The second kappa shape index (κ2) is 11.3. The van der Waals surface area contributed by atoms with Gasteiger partial charge in [0.05, 0.1) is 6.54 Å². The molecule has 0 bridgehead atoms. The molecule has 1 N–H and O–H groups in total. The molecule has 25 heavy (non-hydrogen) atoms. The monoisotopic (exact) mass is 365 g/mol. The molecule has 6 heteroatoms. The van der Waals surface area contributed by atoms with Crippen molar-refractivity contribution in [2.24, 2.45) is 0 Å². The molecule has 0 atom stereocenters. The summed E-state index contributed by atoms with van der Waals surface area (Å²) in [4.78, 5) is 12.7. The highest BCUT2D eigenvalue weighted by Gasteiger charge is 2.08. The molecule has 0 fully saturated rings. The molecule has 0 amide bonds. The van der Waals surface area contributed by atoms with Crippen molar-refractivity contribution in [1.29, 1.82) is 0 Å². The van der Waals surface area contributed by atoms with Gasteiger partial charge in [-0.05, 0) is 49.4 Å². The lowest BCUT2D eigenvalue weighted by molar-refractivity contribution is -0.138. The second-order valence-electron chi connectivity index (χ2n) is 5.40. The zero-order chi connectivity index (χ0) is 17.2. The van der Waals surface area contributed by atoms with Crippen LogP contribution in [0, 0.1) is 0 Å². The summed E-state index contributed by atoms with van der Waals surface area (Å²) < 4.78 is 11.4. The molecule has 0 radical (unpaired) electrons. The summed E-state index contributed by atoms with van der Waals surface area (Å²) in [5, 5.41) is 8.88. The standard InChI is InChI=1S/C19H23NO4.ClH/c1-2-12-20(15-19(21)22)13-14-23-16-8-10-18(11-9-16)24-17-6-4-3-5-7-17;/h3-11H,2,12-15H2,1H3,(H,21,22);1H. The number of benzene rings is 2.